The van der Waals surface area contributed by atoms with E-state index in [1.165, 1.54) is 25.0 Å². The predicted octanol–water partition coefficient (Wildman–Crippen LogP) is 6.82. The van der Waals surface area contributed by atoms with E-state index in [1.807, 2.05) is 46.3 Å². The van der Waals surface area contributed by atoms with Gasteiger partial charge in [-0.25, -0.2) is 30.0 Å². The van der Waals surface area contributed by atoms with E-state index in [1.54, 1.807) is 45.8 Å². The minimum absolute atomic E-state index is 0.0906. The Morgan fingerprint density at radius 1 is 0.520 bits per heavy atom. The lowest BCUT2D eigenvalue weighted by Gasteiger charge is -2.30. The first-order valence-corrected chi connectivity index (χ1v) is 31.3. The second-order valence-electron chi connectivity index (χ2n) is 18.2. The summed E-state index contributed by atoms with van der Waals surface area (Å²) in [5, 5.41) is 59.7. The summed E-state index contributed by atoms with van der Waals surface area (Å²) in [6, 6.07) is 6.13. The molecule has 0 aliphatic rings. The molecule has 0 aliphatic heterocycles. The minimum Gasteiger partial charge on any atom is -0.504 e. The highest BCUT2D eigenvalue weighted by atomic mass is 32.2. The Labute approximate surface area is 452 Å². The fraction of sp³-hybridized carbons (Fsp3) is 0.625. The van der Waals surface area contributed by atoms with Gasteiger partial charge in [-0.05, 0) is 119 Å². The van der Waals surface area contributed by atoms with Crippen molar-refractivity contribution in [1.82, 2.24) is 26.8 Å². The van der Waals surface area contributed by atoms with Gasteiger partial charge < -0.3 is 39.0 Å². The third-order valence-corrected chi connectivity index (χ3v) is 19.2. The molecule has 432 valence electrons. The molecule has 2 unspecified atom stereocenters. The van der Waals surface area contributed by atoms with Crippen LogP contribution in [0.1, 0.15) is 128 Å². The largest absolute Gasteiger partial charge is 0.504 e. The Morgan fingerprint density at radius 3 is 1.29 bits per heavy atom. The van der Waals surface area contributed by atoms with Crippen LogP contribution in [0.15, 0.2) is 51.1 Å². The van der Waals surface area contributed by atoms with E-state index in [-0.39, 0.29) is 46.3 Å². The third-order valence-electron chi connectivity index (χ3n) is 10.8. The molecule has 0 spiro atoms. The summed E-state index contributed by atoms with van der Waals surface area (Å²) in [5.74, 6) is -4.13. The van der Waals surface area contributed by atoms with Crippen molar-refractivity contribution in [3.63, 3.8) is 0 Å². The molecule has 3 aromatic carbocycles. The van der Waals surface area contributed by atoms with Gasteiger partial charge in [0.05, 0.1) is 0 Å². The van der Waals surface area contributed by atoms with Crippen LogP contribution in [0.3, 0.4) is 0 Å². The van der Waals surface area contributed by atoms with E-state index < -0.39 is 91.1 Å². The Balaban J connectivity index is 0.000000568. The number of aromatic hydroxyl groups is 6. The normalized spacial score (nSPS) is 13.2. The Hall–Kier alpha value is -4.03. The standard InChI is InChI=1S/C19H34N2O4S.C18H32N2O6S2.C11H18N2O6S2/c1-5-9-20(10-6-2)15-16-13-17(22)19(23)18(14-16)26(24,25)21(11-7-3)12-8-4;1-11(2)19(12(3)4)27(23)26-15-9-16(21)18(22)17(10-15)28(24,25)20(13(5)6)14(7)8;1-4-13(5-2)20(16)19-8-6-9(14)11(15)10(7-8)21(17,18)12-3/h13-14,22-23H,5-12,15H2,1-4H3;9-14,21-22H,1-8H3;6-7,12,14-15H,4-5H2,1-3H3. The van der Waals surface area contributed by atoms with Gasteiger partial charge in [-0.1, -0.05) is 41.5 Å². The van der Waals surface area contributed by atoms with Crippen LogP contribution in [0.5, 0.6) is 46.0 Å². The number of nitrogens with one attached hydrogen (secondary N) is 1. The molecule has 0 fully saturated rings. The predicted molar refractivity (Wildman–Crippen MR) is 293 cm³/mol. The first-order chi connectivity index (χ1) is 34.8. The average molecular weight is 1160 g/mol. The van der Waals surface area contributed by atoms with Crippen LogP contribution in [0, 0.1) is 0 Å². The highest BCUT2D eigenvalue weighted by Gasteiger charge is 2.34. The number of nitrogens with zero attached hydrogens (tertiary/aromatic N) is 5. The van der Waals surface area contributed by atoms with Gasteiger partial charge in [-0.3, -0.25) is 4.90 Å². The third kappa shape index (κ3) is 19.4. The first-order valence-electron chi connectivity index (χ1n) is 24.9. The van der Waals surface area contributed by atoms with Crippen LogP contribution < -0.4 is 13.1 Å². The molecule has 2 atom stereocenters. The summed E-state index contributed by atoms with van der Waals surface area (Å²) in [7, 11) is -10.8. The quantitative estimate of drug-likeness (QED) is 0.0367. The number of benzene rings is 3. The zero-order chi connectivity index (χ0) is 57.9. The Morgan fingerprint density at radius 2 is 0.907 bits per heavy atom. The van der Waals surface area contributed by atoms with Crippen molar-refractivity contribution in [3.05, 3.63) is 42.0 Å². The summed E-state index contributed by atoms with van der Waals surface area (Å²) >= 11 is -3.75. The van der Waals surface area contributed by atoms with Crippen LogP contribution in [0.25, 0.3) is 0 Å². The lowest BCUT2D eigenvalue weighted by molar-refractivity contribution is 0.265. The fourth-order valence-corrected chi connectivity index (χ4v) is 14.1. The van der Waals surface area contributed by atoms with Gasteiger partial charge in [-0.15, -0.1) is 0 Å². The van der Waals surface area contributed by atoms with Crippen LogP contribution in [0.2, 0.25) is 0 Å². The van der Waals surface area contributed by atoms with Gasteiger partial charge in [0.1, 0.15) is 26.2 Å². The molecule has 27 heteroatoms. The maximum Gasteiger partial charge on any atom is 0.291 e. The summed E-state index contributed by atoms with van der Waals surface area (Å²) in [6.45, 7) is 29.9. The molecule has 0 bridgehead atoms. The lowest BCUT2D eigenvalue weighted by Crippen LogP contribution is -2.42. The molecular weight excluding hydrogens is 1080 g/mol. The van der Waals surface area contributed by atoms with Gasteiger partial charge in [0.25, 0.3) is 22.5 Å². The molecule has 0 amide bonds. The van der Waals surface area contributed by atoms with Crippen molar-refractivity contribution in [2.75, 3.05) is 46.3 Å². The number of sulfonamides is 3. The maximum atomic E-state index is 13.1. The second-order valence-corrected chi connectivity index (χ2v) is 25.9. The zero-order valence-electron chi connectivity index (χ0n) is 46.1. The SMILES string of the molecule is CC(C)N(C(C)C)S(=O)Oc1cc(O)c(O)c(S(=O)(=O)N(C(C)C)C(C)C)c1.CCCN(CCC)Cc1cc(O)c(O)c(S(=O)(=O)N(CCC)CCC)c1.CCN(CC)S(=O)Oc1cc(O)c(O)c(S(=O)(=O)NC)c1. The smallest absolute Gasteiger partial charge is 0.291 e. The van der Waals surface area contributed by atoms with Gasteiger partial charge in [0.2, 0.25) is 30.1 Å². The minimum atomic E-state index is -4.13. The van der Waals surface area contributed by atoms with E-state index in [2.05, 4.69) is 18.7 Å². The number of rotatable bonds is 28. The molecule has 75 heavy (non-hydrogen) atoms. The summed E-state index contributed by atoms with van der Waals surface area (Å²) in [6.07, 6.45) is 3.37. The van der Waals surface area contributed by atoms with E-state index in [0.29, 0.717) is 51.1 Å². The molecule has 0 radical (unpaired) electrons. The molecule has 22 nitrogen and oxygen atoms in total. The van der Waals surface area contributed by atoms with Gasteiger partial charge in [0, 0.05) is 81.2 Å². The van der Waals surface area contributed by atoms with Gasteiger partial charge in [0.15, 0.2) is 34.5 Å². The summed E-state index contributed by atoms with van der Waals surface area (Å²) in [4.78, 5) is 0.958. The maximum absolute atomic E-state index is 13.1. The monoisotopic (exact) mass is 1160 g/mol. The zero-order valence-corrected chi connectivity index (χ0v) is 50.2. The average Bonchev–Trinajstić information content (AvgIpc) is 3.29. The van der Waals surface area contributed by atoms with Crippen molar-refractivity contribution >= 4 is 52.6 Å². The fourth-order valence-electron chi connectivity index (χ4n) is 7.73. The topological polar surface area (TPSA) is 305 Å². The molecule has 0 aromatic heterocycles. The molecule has 7 N–H and O–H groups in total. The van der Waals surface area contributed by atoms with Crippen LogP contribution in [-0.4, -0.2) is 157 Å². The van der Waals surface area contributed by atoms with E-state index in [9.17, 15) is 64.3 Å². The number of phenolic OH excluding ortho intramolecular Hbond substituents is 6. The Bertz CT molecular complexity index is 2640. The lowest BCUT2D eigenvalue weighted by atomic mass is 10.1. The second kappa shape index (κ2) is 31.4. The van der Waals surface area contributed by atoms with Crippen molar-refractivity contribution < 1.29 is 72.7 Å². The molecule has 0 saturated carbocycles. The van der Waals surface area contributed by atoms with Crippen LogP contribution >= 0.6 is 0 Å². The van der Waals surface area contributed by atoms with E-state index in [0.717, 1.165) is 57.2 Å². The molecule has 3 rings (SSSR count). The van der Waals surface area contributed by atoms with Crippen LogP contribution in [-0.2, 0) is 59.1 Å². The van der Waals surface area contributed by atoms with Crippen LogP contribution in [0.4, 0.5) is 0 Å². The van der Waals surface area contributed by atoms with E-state index >= 15 is 0 Å². The van der Waals surface area contributed by atoms with Gasteiger partial charge in [-0.2, -0.15) is 25.6 Å². The van der Waals surface area contributed by atoms with Crippen molar-refractivity contribution in [1.29, 1.82) is 0 Å². The molecule has 0 heterocycles. The van der Waals surface area contributed by atoms with Gasteiger partial charge >= 0.3 is 0 Å². The molecular formula is C48H84N6O16S5. The summed E-state index contributed by atoms with van der Waals surface area (Å²) in [5.41, 5.74) is 0.689. The number of phenols is 6. The molecule has 3 aromatic rings. The number of hydrogen-bond acceptors (Lipinski definition) is 17. The van der Waals surface area contributed by atoms with Crippen molar-refractivity contribution in [2.45, 2.75) is 168 Å². The van der Waals surface area contributed by atoms with Crippen molar-refractivity contribution in [2.24, 2.45) is 0 Å². The Kier molecular flexibility index (Phi) is 28.9. The van der Waals surface area contributed by atoms with Crippen molar-refractivity contribution in [3.8, 4) is 46.0 Å². The molecule has 0 saturated heterocycles. The first kappa shape index (κ1) is 69.0. The van der Waals surface area contributed by atoms with E-state index in [4.69, 9.17) is 8.37 Å². The number of hydrogen-bond donors (Lipinski definition) is 7. The highest BCUT2D eigenvalue weighted by Crippen LogP contribution is 2.40. The highest BCUT2D eigenvalue weighted by molar-refractivity contribution is 7.90. The molecule has 0 aliphatic carbocycles. The summed E-state index contributed by atoms with van der Waals surface area (Å²) < 4.78 is 118.